The normalized spacial score (nSPS) is 11.1. The molecule has 0 saturated carbocycles. The van der Waals surface area contributed by atoms with Gasteiger partial charge >= 0.3 is 0 Å². The molecule has 74 valence electrons. The first kappa shape index (κ1) is 11.0. The third kappa shape index (κ3) is 1.90. The largest absolute Gasteiger partial charge is 0.143 e. The van der Waals surface area contributed by atoms with Crippen LogP contribution in [-0.4, -0.2) is 6.26 Å². The minimum Gasteiger partial charge on any atom is -0.143 e. The highest BCUT2D eigenvalue weighted by molar-refractivity contribution is 9.10. The van der Waals surface area contributed by atoms with Gasteiger partial charge in [0.2, 0.25) is 0 Å². The van der Waals surface area contributed by atoms with Gasteiger partial charge < -0.3 is 0 Å². The zero-order valence-corrected chi connectivity index (χ0v) is 12.3. The lowest BCUT2D eigenvalue weighted by Crippen LogP contribution is -1.76. The number of halogens is 2. The van der Waals surface area contributed by atoms with Crippen LogP contribution in [0.25, 0.3) is 10.1 Å². The first-order chi connectivity index (χ1) is 6.76. The van der Waals surface area contributed by atoms with Crippen LogP contribution < -0.4 is 0 Å². The van der Waals surface area contributed by atoms with E-state index in [4.69, 9.17) is 0 Å². The summed E-state index contributed by atoms with van der Waals surface area (Å²) in [6, 6.07) is 4.47. The quantitative estimate of drug-likeness (QED) is 0.523. The maximum Gasteiger partial charge on any atom is 0.0357 e. The van der Waals surface area contributed by atoms with Gasteiger partial charge in [-0.05, 0) is 50.6 Å². The summed E-state index contributed by atoms with van der Waals surface area (Å²) in [5, 5.41) is 4.53. The summed E-state index contributed by atoms with van der Waals surface area (Å²) in [6.45, 7) is 0. The molecule has 1 aromatic heterocycles. The van der Waals surface area contributed by atoms with Crippen LogP contribution >= 0.6 is 55.0 Å². The van der Waals surface area contributed by atoms with Crippen LogP contribution in [0.1, 0.15) is 5.56 Å². The number of thioether (sulfide) groups is 1. The molecule has 0 spiro atoms. The first-order valence-electron chi connectivity index (χ1n) is 4.06. The topological polar surface area (TPSA) is 0 Å². The minimum absolute atomic E-state index is 0.933. The van der Waals surface area contributed by atoms with Crippen molar-refractivity contribution in [1.29, 1.82) is 0 Å². The van der Waals surface area contributed by atoms with Crippen molar-refractivity contribution in [2.24, 2.45) is 0 Å². The molecule has 0 atom stereocenters. The van der Waals surface area contributed by atoms with Gasteiger partial charge in [-0.3, -0.25) is 0 Å². The fraction of sp³-hybridized carbons (Fsp3) is 0.200. The van der Waals surface area contributed by atoms with Gasteiger partial charge in [0, 0.05) is 19.4 Å². The molecule has 0 saturated heterocycles. The summed E-state index contributed by atoms with van der Waals surface area (Å²) in [4.78, 5) is 1.30. The highest BCUT2D eigenvalue weighted by Gasteiger charge is 2.06. The van der Waals surface area contributed by atoms with Gasteiger partial charge in [0.15, 0.2) is 0 Å². The van der Waals surface area contributed by atoms with Crippen LogP contribution in [0, 0.1) is 0 Å². The number of thiophene rings is 1. The molecule has 1 aromatic carbocycles. The van der Waals surface area contributed by atoms with Crippen molar-refractivity contribution in [3.8, 4) is 0 Å². The average molecular weight is 352 g/mol. The van der Waals surface area contributed by atoms with E-state index >= 15 is 0 Å². The van der Waals surface area contributed by atoms with Gasteiger partial charge in [0.1, 0.15) is 0 Å². The predicted octanol–water partition coefficient (Wildman–Crippen LogP) is 5.28. The SMILES string of the molecule is CSc1cc2c(CBr)csc2cc1Br. The Hall–Kier alpha value is 0.490. The molecule has 1 heterocycles. The maximum atomic E-state index is 3.58. The second kappa shape index (κ2) is 4.56. The van der Waals surface area contributed by atoms with E-state index in [0.717, 1.165) is 5.33 Å². The zero-order valence-electron chi connectivity index (χ0n) is 7.51. The molecule has 0 amide bonds. The molecule has 14 heavy (non-hydrogen) atoms. The predicted molar refractivity (Wildman–Crippen MR) is 73.9 cm³/mol. The summed E-state index contributed by atoms with van der Waals surface area (Å²) in [5.74, 6) is 0. The van der Waals surface area contributed by atoms with Crippen LogP contribution in [-0.2, 0) is 5.33 Å². The van der Waals surface area contributed by atoms with Gasteiger partial charge in [-0.25, -0.2) is 0 Å². The number of rotatable bonds is 2. The minimum atomic E-state index is 0.933. The van der Waals surface area contributed by atoms with Gasteiger partial charge in [0.05, 0.1) is 0 Å². The molecular formula is C10H8Br2S2. The number of alkyl halides is 1. The molecular weight excluding hydrogens is 344 g/mol. The highest BCUT2D eigenvalue weighted by atomic mass is 79.9. The van der Waals surface area contributed by atoms with Crippen molar-refractivity contribution in [3.05, 3.63) is 27.5 Å². The molecule has 2 rings (SSSR count). The molecule has 2 aromatic rings. The Morgan fingerprint density at radius 3 is 2.86 bits per heavy atom. The molecule has 0 nitrogen and oxygen atoms in total. The van der Waals surface area contributed by atoms with Crippen molar-refractivity contribution in [2.75, 3.05) is 6.26 Å². The van der Waals surface area contributed by atoms with Crippen molar-refractivity contribution in [2.45, 2.75) is 10.2 Å². The van der Waals surface area contributed by atoms with Crippen LogP contribution in [0.4, 0.5) is 0 Å². The number of hydrogen-bond donors (Lipinski definition) is 0. The Labute approximate surface area is 108 Å². The van der Waals surface area contributed by atoms with Gasteiger partial charge in [-0.2, -0.15) is 0 Å². The monoisotopic (exact) mass is 350 g/mol. The standard InChI is InChI=1S/C10H8Br2S2/c1-13-10-2-7-6(4-11)5-14-9(7)3-8(10)12/h2-3,5H,4H2,1H3. The van der Waals surface area contributed by atoms with E-state index in [1.54, 1.807) is 23.1 Å². The Kier molecular flexibility index (Phi) is 3.58. The van der Waals surface area contributed by atoms with E-state index in [9.17, 15) is 0 Å². The second-order valence-electron chi connectivity index (χ2n) is 2.88. The lowest BCUT2D eigenvalue weighted by Gasteiger charge is -2.01. The number of benzene rings is 1. The van der Waals surface area contributed by atoms with Gasteiger partial charge in [-0.15, -0.1) is 23.1 Å². The van der Waals surface area contributed by atoms with E-state index in [1.165, 1.54) is 25.0 Å². The second-order valence-corrected chi connectivity index (χ2v) is 6.05. The molecule has 0 aliphatic carbocycles. The number of hydrogen-bond acceptors (Lipinski definition) is 2. The van der Waals surface area contributed by atoms with E-state index in [2.05, 4.69) is 55.6 Å². The summed E-state index contributed by atoms with van der Waals surface area (Å²) in [7, 11) is 0. The molecule has 4 heteroatoms. The van der Waals surface area contributed by atoms with Crippen LogP contribution in [0.3, 0.4) is 0 Å². The molecule has 0 N–H and O–H groups in total. The molecule has 0 aliphatic rings. The van der Waals surface area contributed by atoms with E-state index in [-0.39, 0.29) is 0 Å². The van der Waals surface area contributed by atoms with Crippen molar-refractivity contribution >= 4 is 65.0 Å². The molecule has 0 fully saturated rings. The Bertz CT molecular complexity index is 462. The smallest absolute Gasteiger partial charge is 0.0357 e. The Balaban J connectivity index is 2.70. The maximum absolute atomic E-state index is 3.58. The van der Waals surface area contributed by atoms with Crippen molar-refractivity contribution in [1.82, 2.24) is 0 Å². The third-order valence-corrected chi connectivity index (χ3v) is 5.37. The molecule has 0 unspecified atom stereocenters. The third-order valence-electron chi connectivity index (χ3n) is 2.07. The summed E-state index contributed by atoms with van der Waals surface area (Å²) < 4.78 is 2.55. The van der Waals surface area contributed by atoms with Crippen molar-refractivity contribution < 1.29 is 0 Å². The summed E-state index contributed by atoms with van der Waals surface area (Å²) >= 11 is 10.7. The summed E-state index contributed by atoms with van der Waals surface area (Å²) in [5.41, 5.74) is 1.38. The average Bonchev–Trinajstić information content (AvgIpc) is 2.58. The van der Waals surface area contributed by atoms with E-state index in [1.807, 2.05) is 0 Å². The lowest BCUT2D eigenvalue weighted by molar-refractivity contribution is 1.44. The Morgan fingerprint density at radius 2 is 2.21 bits per heavy atom. The fourth-order valence-electron chi connectivity index (χ4n) is 1.34. The molecule has 0 bridgehead atoms. The molecule has 0 aliphatic heterocycles. The summed E-state index contributed by atoms with van der Waals surface area (Å²) in [6.07, 6.45) is 2.10. The van der Waals surface area contributed by atoms with Crippen LogP contribution in [0.5, 0.6) is 0 Å². The van der Waals surface area contributed by atoms with Gasteiger partial charge in [-0.1, -0.05) is 15.9 Å². The van der Waals surface area contributed by atoms with E-state index in [0.29, 0.717) is 0 Å². The highest BCUT2D eigenvalue weighted by Crippen LogP contribution is 2.35. The fourth-order valence-corrected chi connectivity index (χ4v) is 4.47. The zero-order chi connectivity index (χ0) is 10.1. The molecule has 0 radical (unpaired) electrons. The first-order valence-corrected chi connectivity index (χ1v) is 8.07. The van der Waals surface area contributed by atoms with Crippen LogP contribution in [0.15, 0.2) is 26.9 Å². The van der Waals surface area contributed by atoms with Crippen LogP contribution in [0.2, 0.25) is 0 Å². The van der Waals surface area contributed by atoms with Gasteiger partial charge in [0.25, 0.3) is 0 Å². The lowest BCUT2D eigenvalue weighted by atomic mass is 10.2. The van der Waals surface area contributed by atoms with E-state index < -0.39 is 0 Å². The van der Waals surface area contributed by atoms with Crippen molar-refractivity contribution in [3.63, 3.8) is 0 Å². The number of fused-ring (bicyclic) bond motifs is 1. The Morgan fingerprint density at radius 1 is 1.43 bits per heavy atom.